The van der Waals surface area contributed by atoms with Crippen molar-refractivity contribution in [3.05, 3.63) is 35.7 Å². The first-order chi connectivity index (χ1) is 8.29. The zero-order valence-electron chi connectivity index (χ0n) is 9.34. The number of hydrogen-bond acceptors (Lipinski definition) is 6. The number of nitrogens with zero attached hydrogens (tertiary/aromatic N) is 4. The standard InChI is InChI=1S/C11H11N5O/c1-8-15-11(17-16-8)3-5-14-10-7-13-4-2-9(10)6-12/h2,4,7,14H,3,5H2,1H3. The molecule has 6 nitrogen and oxygen atoms in total. The minimum Gasteiger partial charge on any atom is -0.382 e. The zero-order chi connectivity index (χ0) is 12.1. The zero-order valence-corrected chi connectivity index (χ0v) is 9.34. The summed E-state index contributed by atoms with van der Waals surface area (Å²) in [6, 6.07) is 3.76. The Morgan fingerprint density at radius 1 is 1.53 bits per heavy atom. The van der Waals surface area contributed by atoms with E-state index in [0.717, 1.165) is 0 Å². The van der Waals surface area contributed by atoms with Gasteiger partial charge in [-0.3, -0.25) is 4.98 Å². The highest BCUT2D eigenvalue weighted by atomic mass is 16.5. The molecule has 0 aromatic carbocycles. The Labute approximate surface area is 98.3 Å². The number of rotatable bonds is 4. The fraction of sp³-hybridized carbons (Fsp3) is 0.273. The predicted octanol–water partition coefficient (Wildman–Crippen LogP) is 1.30. The van der Waals surface area contributed by atoms with Gasteiger partial charge < -0.3 is 9.84 Å². The number of nitriles is 1. The maximum atomic E-state index is 8.88. The van der Waals surface area contributed by atoms with Gasteiger partial charge in [0.05, 0.1) is 17.4 Å². The lowest BCUT2D eigenvalue weighted by Gasteiger charge is -2.04. The minimum absolute atomic E-state index is 0.571. The van der Waals surface area contributed by atoms with Gasteiger partial charge in [-0.25, -0.2) is 0 Å². The van der Waals surface area contributed by atoms with Crippen LogP contribution in [-0.4, -0.2) is 21.7 Å². The second-order valence-corrected chi connectivity index (χ2v) is 3.45. The quantitative estimate of drug-likeness (QED) is 0.850. The van der Waals surface area contributed by atoms with Crippen molar-refractivity contribution in [2.75, 3.05) is 11.9 Å². The summed E-state index contributed by atoms with van der Waals surface area (Å²) < 4.78 is 4.98. The molecule has 0 spiro atoms. The average Bonchev–Trinajstić information content (AvgIpc) is 2.76. The van der Waals surface area contributed by atoms with E-state index in [1.165, 1.54) is 0 Å². The highest BCUT2D eigenvalue weighted by Crippen LogP contribution is 2.11. The molecule has 0 aliphatic rings. The molecule has 0 bridgehead atoms. The first-order valence-electron chi connectivity index (χ1n) is 5.17. The van der Waals surface area contributed by atoms with Gasteiger partial charge in [0.15, 0.2) is 5.82 Å². The van der Waals surface area contributed by atoms with Crippen LogP contribution < -0.4 is 5.32 Å². The highest BCUT2D eigenvalue weighted by Gasteiger charge is 2.04. The molecule has 17 heavy (non-hydrogen) atoms. The Morgan fingerprint density at radius 2 is 2.41 bits per heavy atom. The Hall–Kier alpha value is -2.42. The summed E-state index contributed by atoms with van der Waals surface area (Å²) in [7, 11) is 0. The second-order valence-electron chi connectivity index (χ2n) is 3.45. The molecule has 0 saturated carbocycles. The van der Waals surface area contributed by atoms with Crippen LogP contribution in [0, 0.1) is 18.3 Å². The molecule has 2 aromatic heterocycles. The average molecular weight is 229 g/mol. The fourth-order valence-electron chi connectivity index (χ4n) is 1.38. The summed E-state index contributed by atoms with van der Waals surface area (Å²) in [6.07, 6.45) is 3.82. The van der Waals surface area contributed by atoms with Gasteiger partial charge in [0.2, 0.25) is 5.89 Å². The SMILES string of the molecule is Cc1noc(CCNc2cnccc2C#N)n1. The van der Waals surface area contributed by atoms with Crippen LogP contribution in [-0.2, 0) is 6.42 Å². The van der Waals surface area contributed by atoms with E-state index in [-0.39, 0.29) is 0 Å². The molecule has 2 heterocycles. The Morgan fingerprint density at radius 3 is 3.12 bits per heavy atom. The van der Waals surface area contributed by atoms with Gasteiger partial charge >= 0.3 is 0 Å². The van der Waals surface area contributed by atoms with E-state index >= 15 is 0 Å². The molecular formula is C11H11N5O. The summed E-state index contributed by atoms with van der Waals surface area (Å²) in [5.41, 5.74) is 1.29. The van der Waals surface area contributed by atoms with E-state index in [4.69, 9.17) is 9.78 Å². The first-order valence-corrected chi connectivity index (χ1v) is 5.17. The van der Waals surface area contributed by atoms with Crippen molar-refractivity contribution in [1.82, 2.24) is 15.1 Å². The number of pyridine rings is 1. The van der Waals surface area contributed by atoms with Crippen molar-refractivity contribution in [2.45, 2.75) is 13.3 Å². The summed E-state index contributed by atoms with van der Waals surface area (Å²) in [4.78, 5) is 8.04. The molecule has 86 valence electrons. The molecule has 0 radical (unpaired) electrons. The van der Waals surface area contributed by atoms with Gasteiger partial charge in [-0.1, -0.05) is 5.16 Å². The summed E-state index contributed by atoms with van der Waals surface area (Å²) >= 11 is 0. The van der Waals surface area contributed by atoms with Crippen LogP contribution in [0.15, 0.2) is 23.0 Å². The smallest absolute Gasteiger partial charge is 0.228 e. The molecular weight excluding hydrogens is 218 g/mol. The molecule has 6 heteroatoms. The first kappa shape index (κ1) is 11.1. The third-order valence-electron chi connectivity index (χ3n) is 2.17. The van der Waals surface area contributed by atoms with Crippen molar-refractivity contribution >= 4 is 5.69 Å². The van der Waals surface area contributed by atoms with Gasteiger partial charge in [-0.2, -0.15) is 10.2 Å². The molecule has 2 rings (SSSR count). The van der Waals surface area contributed by atoms with Gasteiger partial charge in [0.1, 0.15) is 6.07 Å². The molecule has 0 amide bonds. The van der Waals surface area contributed by atoms with Crippen LogP contribution in [0.5, 0.6) is 0 Å². The number of nitrogens with one attached hydrogen (secondary N) is 1. The van der Waals surface area contributed by atoms with Crippen LogP contribution in [0.2, 0.25) is 0 Å². The number of anilines is 1. The Bertz CT molecular complexity index is 543. The number of hydrogen-bond donors (Lipinski definition) is 1. The largest absolute Gasteiger partial charge is 0.382 e. The molecule has 1 N–H and O–H groups in total. The molecule has 0 unspecified atom stereocenters. The summed E-state index contributed by atoms with van der Waals surface area (Å²) in [6.45, 7) is 2.39. The van der Waals surface area contributed by atoms with Gasteiger partial charge in [0, 0.05) is 19.2 Å². The van der Waals surface area contributed by atoms with Crippen molar-refractivity contribution < 1.29 is 4.52 Å². The summed E-state index contributed by atoms with van der Waals surface area (Å²) in [5.74, 6) is 1.21. The molecule has 0 saturated heterocycles. The van der Waals surface area contributed by atoms with Crippen LogP contribution in [0.1, 0.15) is 17.3 Å². The fourth-order valence-corrected chi connectivity index (χ4v) is 1.38. The Balaban J connectivity index is 1.92. The van der Waals surface area contributed by atoms with Crippen molar-refractivity contribution in [1.29, 1.82) is 5.26 Å². The van der Waals surface area contributed by atoms with Crippen LogP contribution >= 0.6 is 0 Å². The van der Waals surface area contributed by atoms with Crippen molar-refractivity contribution in [2.24, 2.45) is 0 Å². The number of aromatic nitrogens is 3. The minimum atomic E-state index is 0.571. The summed E-state index contributed by atoms with van der Waals surface area (Å²) in [5, 5.41) is 15.7. The normalized spacial score (nSPS) is 9.88. The van der Waals surface area contributed by atoms with Crippen molar-refractivity contribution in [3.63, 3.8) is 0 Å². The van der Waals surface area contributed by atoms with E-state index < -0.39 is 0 Å². The molecule has 0 aliphatic carbocycles. The lowest BCUT2D eigenvalue weighted by Crippen LogP contribution is -2.06. The molecule has 0 fully saturated rings. The van der Waals surface area contributed by atoms with E-state index in [2.05, 4.69) is 26.5 Å². The van der Waals surface area contributed by atoms with Gasteiger partial charge in [-0.05, 0) is 13.0 Å². The lowest BCUT2D eigenvalue weighted by molar-refractivity contribution is 0.377. The third kappa shape index (κ3) is 2.78. The van der Waals surface area contributed by atoms with Gasteiger partial charge in [0.25, 0.3) is 0 Å². The van der Waals surface area contributed by atoms with Crippen molar-refractivity contribution in [3.8, 4) is 6.07 Å². The molecule has 2 aromatic rings. The van der Waals surface area contributed by atoms with Crippen LogP contribution in [0.25, 0.3) is 0 Å². The lowest BCUT2D eigenvalue weighted by atomic mass is 10.2. The molecule has 0 aliphatic heterocycles. The highest BCUT2D eigenvalue weighted by molar-refractivity contribution is 5.55. The maximum absolute atomic E-state index is 8.88. The maximum Gasteiger partial charge on any atom is 0.228 e. The predicted molar refractivity (Wildman–Crippen MR) is 60.2 cm³/mol. The van der Waals surface area contributed by atoms with E-state index in [0.29, 0.717) is 35.9 Å². The topological polar surface area (TPSA) is 87.6 Å². The van der Waals surface area contributed by atoms with Crippen LogP contribution in [0.3, 0.4) is 0 Å². The van der Waals surface area contributed by atoms with E-state index in [9.17, 15) is 0 Å². The third-order valence-corrected chi connectivity index (χ3v) is 2.17. The van der Waals surface area contributed by atoms with Crippen LogP contribution in [0.4, 0.5) is 5.69 Å². The van der Waals surface area contributed by atoms with E-state index in [1.807, 2.05) is 0 Å². The molecule has 0 atom stereocenters. The monoisotopic (exact) mass is 229 g/mol. The Kier molecular flexibility index (Phi) is 3.31. The van der Waals surface area contributed by atoms with E-state index in [1.54, 1.807) is 25.4 Å². The van der Waals surface area contributed by atoms with Gasteiger partial charge in [-0.15, -0.1) is 0 Å². The second kappa shape index (κ2) is 5.07. The number of aryl methyl sites for hydroxylation is 1.